The monoisotopic (exact) mass is 499 g/mol. The van der Waals surface area contributed by atoms with Crippen LogP contribution in [0, 0.1) is 0 Å². The summed E-state index contributed by atoms with van der Waals surface area (Å²) in [6.07, 6.45) is 0. The van der Waals surface area contributed by atoms with Crippen molar-refractivity contribution in [2.45, 2.75) is 19.3 Å². The zero-order valence-corrected chi connectivity index (χ0v) is 21.8. The van der Waals surface area contributed by atoms with Crippen molar-refractivity contribution in [3.8, 4) is 16.8 Å². The molecule has 0 amide bonds. The quantitative estimate of drug-likeness (QED) is 0.207. The van der Waals surface area contributed by atoms with E-state index in [9.17, 15) is 0 Å². The summed E-state index contributed by atoms with van der Waals surface area (Å²) in [7, 11) is 0. The van der Waals surface area contributed by atoms with E-state index in [-0.39, 0.29) is 5.41 Å². The first-order valence-electron chi connectivity index (χ1n) is 13.6. The highest BCUT2D eigenvalue weighted by atomic mass is 15.1. The molecule has 184 valence electrons. The van der Waals surface area contributed by atoms with Gasteiger partial charge in [-0.2, -0.15) is 0 Å². The van der Waals surface area contributed by atoms with E-state index in [2.05, 4.69) is 138 Å². The third-order valence-electron chi connectivity index (χ3n) is 8.90. The maximum absolute atomic E-state index is 5.40. The molecule has 9 rings (SSSR count). The predicted molar refractivity (Wildman–Crippen MR) is 162 cm³/mol. The summed E-state index contributed by atoms with van der Waals surface area (Å²) < 4.78 is 4.74. The third kappa shape index (κ3) is 2.55. The largest absolute Gasteiger partial charge is 0.293 e. The molecule has 3 heterocycles. The summed E-state index contributed by atoms with van der Waals surface area (Å²) >= 11 is 0. The number of hydrogen-bond donors (Lipinski definition) is 0. The summed E-state index contributed by atoms with van der Waals surface area (Å²) in [4.78, 5) is 5.40. The van der Waals surface area contributed by atoms with Crippen LogP contribution < -0.4 is 0 Å². The van der Waals surface area contributed by atoms with Gasteiger partial charge in [-0.3, -0.25) is 8.97 Å². The number of para-hydroxylation sites is 2. The average molecular weight is 500 g/mol. The number of nitrogens with zero attached hydrogens (tertiary/aromatic N) is 3. The van der Waals surface area contributed by atoms with Crippen LogP contribution in [0.5, 0.6) is 0 Å². The van der Waals surface area contributed by atoms with Crippen molar-refractivity contribution in [2.24, 2.45) is 0 Å². The Morgan fingerprint density at radius 1 is 0.538 bits per heavy atom. The molecule has 0 radical (unpaired) electrons. The number of hydrogen-bond acceptors (Lipinski definition) is 1. The first kappa shape index (κ1) is 21.1. The highest BCUT2D eigenvalue weighted by Crippen LogP contribution is 2.49. The van der Waals surface area contributed by atoms with Crippen LogP contribution in [0.3, 0.4) is 0 Å². The SMILES string of the molecule is CC1(C)c2ccccc2-c2ccc(-n3c4ccccc4c4c3nc3c5ccccc5c5ccccc5n34)cc21. The van der Waals surface area contributed by atoms with E-state index in [0.29, 0.717) is 0 Å². The molecule has 0 unspecified atom stereocenters. The van der Waals surface area contributed by atoms with E-state index in [4.69, 9.17) is 4.98 Å². The van der Waals surface area contributed by atoms with E-state index in [0.717, 1.165) is 22.5 Å². The molecule has 1 aliphatic carbocycles. The molecule has 0 aliphatic heterocycles. The van der Waals surface area contributed by atoms with Crippen LogP contribution in [0.15, 0.2) is 115 Å². The summed E-state index contributed by atoms with van der Waals surface area (Å²) in [5.74, 6) is 0. The maximum atomic E-state index is 5.40. The molecule has 0 fully saturated rings. The van der Waals surface area contributed by atoms with Crippen LogP contribution in [0.4, 0.5) is 0 Å². The average Bonchev–Trinajstić information content (AvgIpc) is 3.59. The number of fused-ring (bicyclic) bond motifs is 13. The summed E-state index contributed by atoms with van der Waals surface area (Å²) in [5.41, 5.74) is 12.0. The lowest BCUT2D eigenvalue weighted by Gasteiger charge is -2.22. The normalized spacial score (nSPS) is 14.1. The molecule has 0 saturated carbocycles. The van der Waals surface area contributed by atoms with Crippen LogP contribution in [0.25, 0.3) is 66.2 Å². The molecule has 8 aromatic rings. The van der Waals surface area contributed by atoms with Gasteiger partial charge in [-0.25, -0.2) is 4.98 Å². The maximum Gasteiger partial charge on any atom is 0.165 e. The third-order valence-corrected chi connectivity index (χ3v) is 8.90. The lowest BCUT2D eigenvalue weighted by Crippen LogP contribution is -2.15. The fourth-order valence-corrected chi connectivity index (χ4v) is 7.11. The fraction of sp³-hybridized carbons (Fsp3) is 0.0833. The summed E-state index contributed by atoms with van der Waals surface area (Å²) in [6, 6.07) is 41.9. The van der Waals surface area contributed by atoms with E-state index in [1.54, 1.807) is 0 Å². The van der Waals surface area contributed by atoms with Crippen molar-refractivity contribution in [1.82, 2.24) is 14.0 Å². The van der Waals surface area contributed by atoms with Gasteiger partial charge in [0.1, 0.15) is 11.2 Å². The highest BCUT2D eigenvalue weighted by molar-refractivity contribution is 6.17. The Morgan fingerprint density at radius 2 is 1.18 bits per heavy atom. The van der Waals surface area contributed by atoms with Crippen LogP contribution in [0.2, 0.25) is 0 Å². The number of imidazole rings is 1. The number of rotatable bonds is 1. The van der Waals surface area contributed by atoms with Gasteiger partial charge in [-0.1, -0.05) is 105 Å². The van der Waals surface area contributed by atoms with E-state index >= 15 is 0 Å². The second-order valence-corrected chi connectivity index (χ2v) is 11.3. The van der Waals surface area contributed by atoms with Gasteiger partial charge >= 0.3 is 0 Å². The van der Waals surface area contributed by atoms with Crippen LogP contribution in [0.1, 0.15) is 25.0 Å². The van der Waals surface area contributed by atoms with Crippen molar-refractivity contribution in [3.05, 3.63) is 126 Å². The van der Waals surface area contributed by atoms with Gasteiger partial charge < -0.3 is 0 Å². The Kier molecular flexibility index (Phi) is 3.86. The van der Waals surface area contributed by atoms with Crippen molar-refractivity contribution in [2.75, 3.05) is 0 Å². The van der Waals surface area contributed by atoms with Crippen molar-refractivity contribution >= 4 is 49.4 Å². The molecule has 0 bridgehead atoms. The van der Waals surface area contributed by atoms with E-state index in [1.807, 2.05) is 0 Å². The number of benzene rings is 5. The molecule has 3 nitrogen and oxygen atoms in total. The Morgan fingerprint density at radius 3 is 2.03 bits per heavy atom. The minimum Gasteiger partial charge on any atom is -0.293 e. The summed E-state index contributed by atoms with van der Waals surface area (Å²) in [5, 5.41) is 4.87. The van der Waals surface area contributed by atoms with Gasteiger partial charge in [0.05, 0.1) is 11.0 Å². The van der Waals surface area contributed by atoms with Gasteiger partial charge in [-0.15, -0.1) is 0 Å². The van der Waals surface area contributed by atoms with Crippen molar-refractivity contribution in [3.63, 3.8) is 0 Å². The van der Waals surface area contributed by atoms with Gasteiger partial charge in [-0.05, 0) is 51.9 Å². The smallest absolute Gasteiger partial charge is 0.165 e. The molecule has 3 heteroatoms. The molecule has 39 heavy (non-hydrogen) atoms. The van der Waals surface area contributed by atoms with E-state index < -0.39 is 0 Å². The first-order valence-corrected chi connectivity index (χ1v) is 13.6. The molecular weight excluding hydrogens is 474 g/mol. The molecular formula is C36H25N3. The topological polar surface area (TPSA) is 22.2 Å². The standard InChI is InChI=1S/C36H25N3/c1-36(2)29-16-8-5-12-24(29)25-20-19-22(21-30(25)36)38-32-18-10-7-15-28(32)33-35(38)37-34-27-14-4-3-11-23(27)26-13-6-9-17-31(26)39(33)34/h3-21H,1-2H3. The van der Waals surface area contributed by atoms with Gasteiger partial charge in [0.25, 0.3) is 0 Å². The molecule has 1 aliphatic rings. The van der Waals surface area contributed by atoms with E-state index in [1.165, 1.54) is 54.8 Å². The zero-order valence-electron chi connectivity index (χ0n) is 21.8. The Balaban J connectivity index is 1.44. The number of pyridine rings is 1. The first-order chi connectivity index (χ1) is 19.1. The lowest BCUT2D eigenvalue weighted by molar-refractivity contribution is 0.660. The van der Waals surface area contributed by atoms with Crippen LogP contribution in [-0.4, -0.2) is 14.0 Å². The molecule has 0 atom stereocenters. The van der Waals surface area contributed by atoms with Crippen molar-refractivity contribution < 1.29 is 0 Å². The minimum absolute atomic E-state index is 0.0602. The Labute approximate surface area is 225 Å². The van der Waals surface area contributed by atoms with Gasteiger partial charge in [0.15, 0.2) is 5.65 Å². The molecule has 0 spiro atoms. The van der Waals surface area contributed by atoms with Crippen LogP contribution >= 0.6 is 0 Å². The molecule has 0 N–H and O–H groups in total. The second-order valence-electron chi connectivity index (χ2n) is 11.3. The number of aromatic nitrogens is 3. The second kappa shape index (κ2) is 7.15. The van der Waals surface area contributed by atoms with Gasteiger partial charge in [0.2, 0.25) is 0 Å². The molecule has 5 aromatic carbocycles. The molecule has 0 saturated heterocycles. The summed E-state index contributed by atoms with van der Waals surface area (Å²) in [6.45, 7) is 4.68. The van der Waals surface area contributed by atoms with Crippen molar-refractivity contribution in [1.29, 1.82) is 0 Å². The molecule has 3 aromatic heterocycles. The Hall–Kier alpha value is -4.89. The zero-order chi connectivity index (χ0) is 25.9. The minimum atomic E-state index is -0.0602. The fourth-order valence-electron chi connectivity index (χ4n) is 7.11. The van der Waals surface area contributed by atoms with Crippen LogP contribution in [-0.2, 0) is 5.41 Å². The highest BCUT2D eigenvalue weighted by Gasteiger charge is 2.35. The van der Waals surface area contributed by atoms with Gasteiger partial charge in [0, 0.05) is 27.3 Å². The predicted octanol–water partition coefficient (Wildman–Crippen LogP) is 9.04. The lowest BCUT2D eigenvalue weighted by atomic mass is 9.82. The Bertz CT molecular complexity index is 2310.